The van der Waals surface area contributed by atoms with E-state index in [1.807, 2.05) is 13.0 Å². The maximum atomic E-state index is 12.1. The number of carbonyl (C=O) groups is 1. The zero-order valence-corrected chi connectivity index (χ0v) is 11.5. The summed E-state index contributed by atoms with van der Waals surface area (Å²) < 4.78 is 3.76. The molecule has 96 valence electrons. The molecule has 0 bridgehead atoms. The van der Waals surface area contributed by atoms with Gasteiger partial charge in [0, 0.05) is 0 Å². The molecule has 2 aromatic rings. The lowest BCUT2D eigenvalue weighted by Crippen LogP contribution is -2.12. The van der Waals surface area contributed by atoms with Crippen molar-refractivity contribution in [2.24, 2.45) is 0 Å². The van der Waals surface area contributed by atoms with Gasteiger partial charge in [0.15, 0.2) is 0 Å². The highest BCUT2D eigenvalue weighted by atomic mass is 35.5. The summed E-state index contributed by atoms with van der Waals surface area (Å²) in [6.45, 7) is 1.90. The first-order valence-corrected chi connectivity index (χ1v) is 6.63. The monoisotopic (exact) mass is 292 g/mol. The van der Waals surface area contributed by atoms with Gasteiger partial charge in [0.25, 0.3) is 5.91 Å². The molecule has 7 heteroatoms. The Balaban J connectivity index is 2.27. The van der Waals surface area contributed by atoms with Gasteiger partial charge in [0.2, 0.25) is 0 Å². The molecule has 0 aliphatic heterocycles. The second-order valence-electron chi connectivity index (χ2n) is 3.66. The van der Waals surface area contributed by atoms with E-state index < -0.39 is 0 Å². The lowest BCUT2D eigenvalue weighted by molar-refractivity contribution is 0.102. The van der Waals surface area contributed by atoms with Crippen LogP contribution in [0.15, 0.2) is 18.2 Å². The minimum Gasteiger partial charge on any atom is -0.320 e. The van der Waals surface area contributed by atoms with Gasteiger partial charge in [-0.15, -0.1) is 5.10 Å². The van der Waals surface area contributed by atoms with E-state index in [1.54, 1.807) is 12.1 Å². The van der Waals surface area contributed by atoms with E-state index in [0.717, 1.165) is 11.5 Å². The van der Waals surface area contributed by atoms with Crippen molar-refractivity contribution in [2.75, 3.05) is 5.32 Å². The van der Waals surface area contributed by atoms with Crippen molar-refractivity contribution in [2.45, 2.75) is 13.3 Å². The number of anilines is 1. The average Bonchev–Trinajstić information content (AvgIpc) is 2.89. The van der Waals surface area contributed by atoms with E-state index in [0.29, 0.717) is 33.3 Å². The summed E-state index contributed by atoms with van der Waals surface area (Å²) in [6.07, 6.45) is 0.630. The van der Waals surface area contributed by atoms with Crippen molar-refractivity contribution < 1.29 is 4.79 Å². The van der Waals surface area contributed by atoms with Crippen LogP contribution in [0.3, 0.4) is 0 Å². The first-order valence-electron chi connectivity index (χ1n) is 5.48. The molecule has 1 aromatic carbocycles. The lowest BCUT2D eigenvalue weighted by atomic mass is 10.2. The predicted octanol–water partition coefficient (Wildman–Crippen LogP) is 2.88. The molecular weight excluding hydrogens is 284 g/mol. The highest BCUT2D eigenvalue weighted by Crippen LogP contribution is 2.24. The van der Waals surface area contributed by atoms with Crippen LogP contribution in [0, 0.1) is 11.3 Å². The van der Waals surface area contributed by atoms with Crippen LogP contribution in [0.4, 0.5) is 5.69 Å². The fraction of sp³-hybridized carbons (Fsp3) is 0.167. The fourth-order valence-corrected chi connectivity index (χ4v) is 2.29. The number of halogens is 1. The molecule has 2 rings (SSSR count). The number of benzene rings is 1. The Morgan fingerprint density at radius 3 is 3.05 bits per heavy atom. The lowest BCUT2D eigenvalue weighted by Gasteiger charge is -2.06. The van der Waals surface area contributed by atoms with Crippen LogP contribution >= 0.6 is 23.1 Å². The third kappa shape index (κ3) is 2.89. The van der Waals surface area contributed by atoms with Gasteiger partial charge in [0.05, 0.1) is 28.0 Å². The van der Waals surface area contributed by atoms with Gasteiger partial charge >= 0.3 is 0 Å². The molecule has 0 atom stereocenters. The van der Waals surface area contributed by atoms with E-state index in [2.05, 4.69) is 14.9 Å². The quantitative estimate of drug-likeness (QED) is 0.943. The molecule has 0 fully saturated rings. The molecule has 19 heavy (non-hydrogen) atoms. The van der Waals surface area contributed by atoms with Crippen molar-refractivity contribution >= 4 is 34.7 Å². The summed E-state index contributed by atoms with van der Waals surface area (Å²) in [7, 11) is 0. The largest absolute Gasteiger partial charge is 0.320 e. The van der Waals surface area contributed by atoms with E-state index in [1.165, 1.54) is 6.07 Å². The van der Waals surface area contributed by atoms with Gasteiger partial charge in [-0.1, -0.05) is 23.0 Å². The standard InChI is InChI=1S/C12H9ClN4OS/c1-2-9-11(19-17-16-9)12(18)15-10-5-7(6-14)3-4-8(10)13/h3-5H,2H2,1H3,(H,15,18). The molecule has 1 heterocycles. The maximum Gasteiger partial charge on any atom is 0.269 e. The first kappa shape index (κ1) is 13.5. The number of nitriles is 1. The second kappa shape index (κ2) is 5.78. The highest BCUT2D eigenvalue weighted by Gasteiger charge is 2.16. The molecule has 1 aromatic heterocycles. The van der Waals surface area contributed by atoms with E-state index in [4.69, 9.17) is 16.9 Å². The van der Waals surface area contributed by atoms with Gasteiger partial charge in [-0.05, 0) is 36.2 Å². The van der Waals surface area contributed by atoms with Gasteiger partial charge < -0.3 is 5.32 Å². The van der Waals surface area contributed by atoms with E-state index >= 15 is 0 Å². The molecule has 0 saturated carbocycles. The van der Waals surface area contributed by atoms with Crippen LogP contribution in [0.25, 0.3) is 0 Å². The van der Waals surface area contributed by atoms with Gasteiger partial charge in [0.1, 0.15) is 4.88 Å². The molecule has 5 nitrogen and oxygen atoms in total. The van der Waals surface area contributed by atoms with Crippen molar-refractivity contribution in [3.05, 3.63) is 39.4 Å². The summed E-state index contributed by atoms with van der Waals surface area (Å²) in [6, 6.07) is 6.68. The smallest absolute Gasteiger partial charge is 0.269 e. The first-order chi connectivity index (χ1) is 9.15. The Kier molecular flexibility index (Phi) is 4.10. The van der Waals surface area contributed by atoms with Gasteiger partial charge in [-0.3, -0.25) is 4.79 Å². The van der Waals surface area contributed by atoms with Crippen LogP contribution in [0.5, 0.6) is 0 Å². The van der Waals surface area contributed by atoms with Gasteiger partial charge in [-0.25, -0.2) is 0 Å². The molecule has 0 aliphatic carbocycles. The Labute approximate surface area is 119 Å². The third-order valence-corrected chi connectivity index (χ3v) is 3.54. The summed E-state index contributed by atoms with van der Waals surface area (Å²) in [5.74, 6) is -0.316. The highest BCUT2D eigenvalue weighted by molar-refractivity contribution is 7.08. The zero-order chi connectivity index (χ0) is 13.8. The van der Waals surface area contributed by atoms with Crippen molar-refractivity contribution in [3.63, 3.8) is 0 Å². The van der Waals surface area contributed by atoms with Crippen LogP contribution in [-0.2, 0) is 6.42 Å². The third-order valence-electron chi connectivity index (χ3n) is 2.44. The van der Waals surface area contributed by atoms with Crippen LogP contribution in [0.2, 0.25) is 5.02 Å². The Morgan fingerprint density at radius 1 is 1.58 bits per heavy atom. The molecule has 1 N–H and O–H groups in total. The molecule has 0 radical (unpaired) electrons. The topological polar surface area (TPSA) is 78.7 Å². The Morgan fingerprint density at radius 2 is 2.37 bits per heavy atom. The summed E-state index contributed by atoms with van der Waals surface area (Å²) in [5, 5.41) is 15.8. The number of nitrogens with one attached hydrogen (secondary N) is 1. The zero-order valence-electron chi connectivity index (χ0n) is 9.98. The van der Waals surface area contributed by atoms with Crippen LogP contribution in [-0.4, -0.2) is 15.5 Å². The predicted molar refractivity (Wildman–Crippen MR) is 73.4 cm³/mol. The maximum absolute atomic E-state index is 12.1. The molecule has 0 unspecified atom stereocenters. The van der Waals surface area contributed by atoms with Crippen molar-refractivity contribution in [3.8, 4) is 6.07 Å². The van der Waals surface area contributed by atoms with E-state index in [-0.39, 0.29) is 5.91 Å². The fourth-order valence-electron chi connectivity index (χ4n) is 1.48. The molecule has 0 aliphatic rings. The van der Waals surface area contributed by atoms with Crippen LogP contribution < -0.4 is 5.32 Å². The number of hydrogen-bond donors (Lipinski definition) is 1. The molecule has 0 saturated heterocycles. The minimum absolute atomic E-state index is 0.316. The number of carbonyl (C=O) groups excluding carboxylic acids is 1. The summed E-state index contributed by atoms with van der Waals surface area (Å²) in [5.41, 5.74) is 1.48. The number of nitrogens with zero attached hydrogens (tertiary/aromatic N) is 3. The van der Waals surface area contributed by atoms with Crippen molar-refractivity contribution in [1.29, 1.82) is 5.26 Å². The number of aryl methyl sites for hydroxylation is 1. The SMILES string of the molecule is CCc1nnsc1C(=O)Nc1cc(C#N)ccc1Cl. The minimum atomic E-state index is -0.316. The molecule has 0 spiro atoms. The van der Waals surface area contributed by atoms with Gasteiger partial charge in [-0.2, -0.15) is 5.26 Å². The Hall–Kier alpha value is -1.97. The number of rotatable bonds is 3. The van der Waals surface area contributed by atoms with Crippen LogP contribution in [0.1, 0.15) is 27.9 Å². The average molecular weight is 293 g/mol. The Bertz CT molecular complexity index is 662. The second-order valence-corrected chi connectivity index (χ2v) is 4.82. The van der Waals surface area contributed by atoms with Crippen molar-refractivity contribution in [1.82, 2.24) is 9.59 Å². The normalized spacial score (nSPS) is 9.95. The summed E-state index contributed by atoms with van der Waals surface area (Å²) >= 11 is 7.02. The molecule has 1 amide bonds. The number of hydrogen-bond acceptors (Lipinski definition) is 5. The number of amides is 1. The molecular formula is C12H9ClN4OS. The summed E-state index contributed by atoms with van der Waals surface area (Å²) in [4.78, 5) is 12.5. The number of aromatic nitrogens is 2. The van der Waals surface area contributed by atoms with E-state index in [9.17, 15) is 4.79 Å².